The number of benzene rings is 2. The van der Waals surface area contributed by atoms with Crippen molar-refractivity contribution < 1.29 is 8.42 Å². The molecule has 0 aliphatic carbocycles. The second kappa shape index (κ2) is 6.42. The van der Waals surface area contributed by atoms with Crippen LogP contribution in [0.5, 0.6) is 0 Å². The van der Waals surface area contributed by atoms with Gasteiger partial charge in [-0.15, -0.1) is 11.3 Å². The van der Waals surface area contributed by atoms with Crippen molar-refractivity contribution in [2.45, 2.75) is 25.7 Å². The van der Waals surface area contributed by atoms with Crippen LogP contribution in [0, 0.1) is 20.8 Å². The lowest BCUT2D eigenvalue weighted by Gasteiger charge is -2.13. The summed E-state index contributed by atoms with van der Waals surface area (Å²) in [7, 11) is -3.60. The molecule has 0 amide bonds. The van der Waals surface area contributed by atoms with Gasteiger partial charge in [0.2, 0.25) is 0 Å². The van der Waals surface area contributed by atoms with Crippen molar-refractivity contribution in [1.82, 2.24) is 0 Å². The summed E-state index contributed by atoms with van der Waals surface area (Å²) in [4.78, 5) is 1.39. The lowest BCUT2D eigenvalue weighted by molar-refractivity contribution is 0.600. The standard InChI is InChI=1S/C19H19NO2S2/c1-13-9-14(2)19(15(3)10-13)24(21,22)20-17-11-18(23-12-17)16-7-5-4-6-8-16/h4-12,20H,1-3H3. The highest BCUT2D eigenvalue weighted by Crippen LogP contribution is 2.31. The molecule has 1 aromatic heterocycles. The molecular formula is C19H19NO2S2. The second-order valence-corrected chi connectivity index (χ2v) is 8.43. The number of hydrogen-bond acceptors (Lipinski definition) is 3. The van der Waals surface area contributed by atoms with Gasteiger partial charge in [-0.25, -0.2) is 8.42 Å². The number of anilines is 1. The van der Waals surface area contributed by atoms with Crippen molar-refractivity contribution >= 4 is 27.0 Å². The minimum atomic E-state index is -3.60. The van der Waals surface area contributed by atoms with Crippen LogP contribution >= 0.6 is 11.3 Å². The van der Waals surface area contributed by atoms with E-state index in [1.54, 1.807) is 0 Å². The average Bonchev–Trinajstić information content (AvgIpc) is 2.94. The number of sulfonamides is 1. The van der Waals surface area contributed by atoms with Gasteiger partial charge in [0.15, 0.2) is 0 Å². The van der Waals surface area contributed by atoms with Gasteiger partial charge in [-0.3, -0.25) is 4.72 Å². The smallest absolute Gasteiger partial charge is 0.262 e. The van der Waals surface area contributed by atoms with Crippen LogP contribution in [-0.2, 0) is 10.0 Å². The highest BCUT2D eigenvalue weighted by molar-refractivity contribution is 7.92. The molecule has 0 saturated carbocycles. The maximum Gasteiger partial charge on any atom is 0.262 e. The van der Waals surface area contributed by atoms with Crippen LogP contribution in [0.4, 0.5) is 5.69 Å². The molecule has 3 rings (SSSR count). The monoisotopic (exact) mass is 357 g/mol. The van der Waals surface area contributed by atoms with E-state index < -0.39 is 10.0 Å². The van der Waals surface area contributed by atoms with Gasteiger partial charge in [0.05, 0.1) is 10.6 Å². The Kier molecular flexibility index (Phi) is 4.47. The molecular weight excluding hydrogens is 338 g/mol. The lowest BCUT2D eigenvalue weighted by Crippen LogP contribution is -2.15. The summed E-state index contributed by atoms with van der Waals surface area (Å²) >= 11 is 1.52. The Morgan fingerprint density at radius 1 is 0.917 bits per heavy atom. The van der Waals surface area contributed by atoms with E-state index in [9.17, 15) is 8.42 Å². The summed E-state index contributed by atoms with van der Waals surface area (Å²) in [6, 6.07) is 15.6. The molecule has 0 atom stereocenters. The van der Waals surface area contributed by atoms with E-state index in [1.165, 1.54) is 11.3 Å². The molecule has 24 heavy (non-hydrogen) atoms. The maximum atomic E-state index is 12.8. The summed E-state index contributed by atoms with van der Waals surface area (Å²) in [5, 5.41) is 1.83. The van der Waals surface area contributed by atoms with Crippen molar-refractivity contribution in [2.75, 3.05) is 4.72 Å². The van der Waals surface area contributed by atoms with Gasteiger partial charge in [-0.1, -0.05) is 48.0 Å². The fourth-order valence-electron chi connectivity index (χ4n) is 2.94. The first kappa shape index (κ1) is 16.7. The molecule has 124 valence electrons. The molecule has 0 spiro atoms. The summed E-state index contributed by atoms with van der Waals surface area (Å²) in [5.74, 6) is 0. The largest absolute Gasteiger partial charge is 0.279 e. The van der Waals surface area contributed by atoms with Gasteiger partial charge >= 0.3 is 0 Å². The van der Waals surface area contributed by atoms with E-state index in [4.69, 9.17) is 0 Å². The molecule has 1 N–H and O–H groups in total. The van der Waals surface area contributed by atoms with E-state index in [1.807, 2.05) is 74.7 Å². The number of thiophene rings is 1. The molecule has 1 heterocycles. The predicted octanol–water partition coefficient (Wildman–Crippen LogP) is 5.14. The van der Waals surface area contributed by atoms with Crippen molar-refractivity contribution in [1.29, 1.82) is 0 Å². The van der Waals surface area contributed by atoms with Crippen LogP contribution < -0.4 is 4.72 Å². The van der Waals surface area contributed by atoms with E-state index in [0.717, 1.165) is 27.1 Å². The molecule has 0 bridgehead atoms. The van der Waals surface area contributed by atoms with Crippen molar-refractivity contribution in [3.63, 3.8) is 0 Å². The topological polar surface area (TPSA) is 46.2 Å². The SMILES string of the molecule is Cc1cc(C)c(S(=O)(=O)Nc2csc(-c3ccccc3)c2)c(C)c1. The summed E-state index contributed by atoms with van der Waals surface area (Å²) in [5.41, 5.74) is 4.26. The Hall–Kier alpha value is -2.11. The van der Waals surface area contributed by atoms with Crippen LogP contribution in [0.2, 0.25) is 0 Å². The van der Waals surface area contributed by atoms with Crippen LogP contribution in [0.1, 0.15) is 16.7 Å². The second-order valence-electron chi connectivity index (χ2n) is 5.90. The van der Waals surface area contributed by atoms with Crippen LogP contribution in [-0.4, -0.2) is 8.42 Å². The van der Waals surface area contributed by atoms with E-state index in [0.29, 0.717) is 10.6 Å². The first-order valence-corrected chi connectivity index (χ1v) is 9.98. The Morgan fingerprint density at radius 2 is 1.54 bits per heavy atom. The van der Waals surface area contributed by atoms with Gasteiger partial charge in [0.1, 0.15) is 0 Å². The van der Waals surface area contributed by atoms with Gasteiger partial charge in [0, 0.05) is 10.3 Å². The molecule has 0 radical (unpaired) electrons. The third kappa shape index (κ3) is 3.37. The van der Waals surface area contributed by atoms with Crippen LogP contribution in [0.15, 0.2) is 58.8 Å². The summed E-state index contributed by atoms with van der Waals surface area (Å²) < 4.78 is 28.3. The first-order valence-electron chi connectivity index (χ1n) is 7.61. The maximum absolute atomic E-state index is 12.8. The molecule has 5 heteroatoms. The van der Waals surface area contributed by atoms with Crippen LogP contribution in [0.25, 0.3) is 10.4 Å². The fourth-order valence-corrected chi connectivity index (χ4v) is 5.36. The number of aryl methyl sites for hydroxylation is 3. The highest BCUT2D eigenvalue weighted by atomic mass is 32.2. The van der Waals surface area contributed by atoms with Gasteiger partial charge < -0.3 is 0 Å². The van der Waals surface area contributed by atoms with Crippen molar-refractivity contribution in [3.05, 3.63) is 70.6 Å². The third-order valence-electron chi connectivity index (χ3n) is 3.78. The zero-order valence-electron chi connectivity index (χ0n) is 13.8. The van der Waals surface area contributed by atoms with Crippen LogP contribution in [0.3, 0.4) is 0 Å². The van der Waals surface area contributed by atoms with Gasteiger partial charge in [-0.2, -0.15) is 0 Å². The Balaban J connectivity index is 1.93. The summed E-state index contributed by atoms with van der Waals surface area (Å²) in [6.07, 6.45) is 0. The number of hydrogen-bond donors (Lipinski definition) is 1. The summed E-state index contributed by atoms with van der Waals surface area (Å²) in [6.45, 7) is 5.63. The van der Waals surface area contributed by atoms with Gasteiger partial charge in [0.25, 0.3) is 10.0 Å². The van der Waals surface area contributed by atoms with Gasteiger partial charge in [-0.05, 0) is 43.5 Å². The molecule has 0 saturated heterocycles. The third-order valence-corrected chi connectivity index (χ3v) is 6.45. The van der Waals surface area contributed by atoms with Crippen molar-refractivity contribution in [3.8, 4) is 10.4 Å². The number of nitrogens with one attached hydrogen (secondary N) is 1. The zero-order valence-corrected chi connectivity index (χ0v) is 15.5. The molecule has 0 aliphatic heterocycles. The fraction of sp³-hybridized carbons (Fsp3) is 0.158. The molecule has 0 aliphatic rings. The zero-order chi connectivity index (χ0) is 17.3. The quantitative estimate of drug-likeness (QED) is 0.702. The average molecular weight is 358 g/mol. The van der Waals surface area contributed by atoms with E-state index in [-0.39, 0.29) is 0 Å². The highest BCUT2D eigenvalue weighted by Gasteiger charge is 2.20. The Bertz CT molecular complexity index is 951. The van der Waals surface area contributed by atoms with Crippen molar-refractivity contribution in [2.24, 2.45) is 0 Å². The predicted molar refractivity (Wildman–Crippen MR) is 101 cm³/mol. The minimum absolute atomic E-state index is 0.362. The molecule has 2 aromatic carbocycles. The molecule has 0 unspecified atom stereocenters. The number of rotatable bonds is 4. The molecule has 0 fully saturated rings. The Morgan fingerprint density at radius 3 is 2.17 bits per heavy atom. The van der Waals surface area contributed by atoms with E-state index >= 15 is 0 Å². The lowest BCUT2D eigenvalue weighted by atomic mass is 10.1. The molecule has 3 aromatic rings. The van der Waals surface area contributed by atoms with E-state index in [2.05, 4.69) is 4.72 Å². The first-order chi connectivity index (χ1) is 11.4. The Labute approximate surface area is 147 Å². The normalized spacial score (nSPS) is 11.5. The molecule has 3 nitrogen and oxygen atoms in total. The minimum Gasteiger partial charge on any atom is -0.279 e.